The molecule has 0 fully saturated rings. The fraction of sp³-hybridized carbons (Fsp3) is 0.273. The van der Waals surface area contributed by atoms with Crippen LogP contribution in [-0.4, -0.2) is 16.7 Å². The summed E-state index contributed by atoms with van der Waals surface area (Å²) in [4.78, 5) is 4.17. The van der Waals surface area contributed by atoms with Gasteiger partial charge in [-0.25, -0.2) is 0 Å². The fourth-order valence-corrected chi connectivity index (χ4v) is 1.72. The van der Waals surface area contributed by atoms with E-state index in [1.54, 1.807) is 6.92 Å². The zero-order valence-corrected chi connectivity index (χ0v) is 8.36. The lowest BCUT2D eigenvalue weighted by molar-refractivity contribution is 0.357. The molecule has 0 bridgehead atoms. The third kappa shape index (κ3) is 1.38. The third-order valence-corrected chi connectivity index (χ3v) is 2.48. The van der Waals surface area contributed by atoms with Gasteiger partial charge in [-0.2, -0.15) is 4.98 Å². The summed E-state index contributed by atoms with van der Waals surface area (Å²) in [5.74, 6) is 2.13. The molecule has 0 atom stereocenters. The Morgan fingerprint density at radius 3 is 3.07 bits per heavy atom. The van der Waals surface area contributed by atoms with Crippen molar-refractivity contribution < 1.29 is 9.26 Å². The predicted octanol–water partition coefficient (Wildman–Crippen LogP) is 1.98. The highest BCUT2D eigenvalue weighted by molar-refractivity contribution is 5.59. The van der Waals surface area contributed by atoms with E-state index >= 15 is 0 Å². The minimum absolute atomic E-state index is 0.575. The summed E-state index contributed by atoms with van der Waals surface area (Å²) in [7, 11) is 0. The molecule has 0 spiro atoms. The summed E-state index contributed by atoms with van der Waals surface area (Å²) in [6.45, 7) is 2.55. The van der Waals surface area contributed by atoms with Crippen LogP contribution in [0.2, 0.25) is 0 Å². The predicted molar refractivity (Wildman–Crippen MR) is 53.7 cm³/mol. The van der Waals surface area contributed by atoms with Crippen molar-refractivity contribution in [1.29, 1.82) is 0 Å². The lowest BCUT2D eigenvalue weighted by Crippen LogP contribution is -1.86. The van der Waals surface area contributed by atoms with Gasteiger partial charge in [0.1, 0.15) is 5.75 Å². The zero-order valence-electron chi connectivity index (χ0n) is 8.36. The van der Waals surface area contributed by atoms with E-state index in [2.05, 4.69) is 16.2 Å². The first-order valence-electron chi connectivity index (χ1n) is 4.89. The number of benzene rings is 1. The number of fused-ring (bicyclic) bond motifs is 1. The van der Waals surface area contributed by atoms with E-state index in [9.17, 15) is 0 Å². The molecule has 1 aliphatic rings. The van der Waals surface area contributed by atoms with E-state index in [1.165, 1.54) is 5.56 Å². The van der Waals surface area contributed by atoms with Crippen LogP contribution in [0.25, 0.3) is 11.4 Å². The third-order valence-electron chi connectivity index (χ3n) is 2.48. The Morgan fingerprint density at radius 2 is 2.27 bits per heavy atom. The summed E-state index contributed by atoms with van der Waals surface area (Å²) in [5.41, 5.74) is 2.19. The number of nitrogens with zero attached hydrogens (tertiary/aromatic N) is 2. The molecule has 1 aromatic carbocycles. The molecule has 0 radical (unpaired) electrons. The van der Waals surface area contributed by atoms with Gasteiger partial charge in [-0.05, 0) is 11.6 Å². The van der Waals surface area contributed by atoms with Gasteiger partial charge in [-0.1, -0.05) is 17.3 Å². The fourth-order valence-electron chi connectivity index (χ4n) is 1.72. The van der Waals surface area contributed by atoms with E-state index in [-0.39, 0.29) is 0 Å². The monoisotopic (exact) mass is 202 g/mol. The van der Waals surface area contributed by atoms with Gasteiger partial charge in [-0.3, -0.25) is 0 Å². The van der Waals surface area contributed by atoms with Crippen molar-refractivity contribution in [2.45, 2.75) is 13.3 Å². The smallest absolute Gasteiger partial charge is 0.223 e. The maximum Gasteiger partial charge on any atom is 0.223 e. The summed E-state index contributed by atoms with van der Waals surface area (Å²) < 4.78 is 10.4. The van der Waals surface area contributed by atoms with Gasteiger partial charge in [-0.15, -0.1) is 0 Å². The molecule has 2 heterocycles. The minimum atomic E-state index is 0.575. The largest absolute Gasteiger partial charge is 0.493 e. The molecular formula is C11H10N2O2. The van der Waals surface area contributed by atoms with Crippen molar-refractivity contribution in [3.8, 4) is 17.1 Å². The van der Waals surface area contributed by atoms with Crippen LogP contribution in [0.15, 0.2) is 22.7 Å². The molecule has 0 aliphatic carbocycles. The molecule has 1 aliphatic heterocycles. The standard InChI is InChI=1S/C11H10N2O2/c1-7-12-11(13-15-7)9-3-2-8-4-5-14-10(8)6-9/h2-3,6H,4-5H2,1H3. The van der Waals surface area contributed by atoms with Gasteiger partial charge in [0.2, 0.25) is 11.7 Å². The molecular weight excluding hydrogens is 192 g/mol. The maximum atomic E-state index is 5.48. The van der Waals surface area contributed by atoms with Gasteiger partial charge >= 0.3 is 0 Å². The zero-order chi connectivity index (χ0) is 10.3. The highest BCUT2D eigenvalue weighted by Crippen LogP contribution is 2.29. The van der Waals surface area contributed by atoms with Crippen LogP contribution in [0.1, 0.15) is 11.5 Å². The van der Waals surface area contributed by atoms with Crippen LogP contribution in [0.3, 0.4) is 0 Å². The lowest BCUT2D eigenvalue weighted by Gasteiger charge is -1.99. The molecule has 0 N–H and O–H groups in total. The lowest BCUT2D eigenvalue weighted by atomic mass is 10.1. The number of aryl methyl sites for hydroxylation is 1. The summed E-state index contributed by atoms with van der Waals surface area (Å²) in [5, 5.41) is 3.87. The molecule has 0 amide bonds. The van der Waals surface area contributed by atoms with Crippen LogP contribution in [0.4, 0.5) is 0 Å². The van der Waals surface area contributed by atoms with Crippen molar-refractivity contribution >= 4 is 0 Å². The van der Waals surface area contributed by atoms with Gasteiger partial charge < -0.3 is 9.26 Å². The van der Waals surface area contributed by atoms with Crippen LogP contribution >= 0.6 is 0 Å². The van der Waals surface area contributed by atoms with Crippen molar-refractivity contribution in [1.82, 2.24) is 10.1 Å². The SMILES string of the molecule is Cc1nc(-c2ccc3c(c2)OCC3)no1. The van der Waals surface area contributed by atoms with Crippen molar-refractivity contribution in [2.75, 3.05) is 6.61 Å². The van der Waals surface area contributed by atoms with Crippen LogP contribution in [-0.2, 0) is 6.42 Å². The average molecular weight is 202 g/mol. The second kappa shape index (κ2) is 3.08. The van der Waals surface area contributed by atoms with Crippen molar-refractivity contribution in [3.05, 3.63) is 29.7 Å². The van der Waals surface area contributed by atoms with Gasteiger partial charge in [0.15, 0.2) is 0 Å². The number of hydrogen-bond acceptors (Lipinski definition) is 4. The molecule has 1 aromatic heterocycles. The molecule has 15 heavy (non-hydrogen) atoms. The highest BCUT2D eigenvalue weighted by Gasteiger charge is 2.14. The van der Waals surface area contributed by atoms with Crippen molar-refractivity contribution in [3.63, 3.8) is 0 Å². The summed E-state index contributed by atoms with van der Waals surface area (Å²) >= 11 is 0. The average Bonchev–Trinajstić information content (AvgIpc) is 2.84. The Bertz CT molecular complexity index is 505. The Hall–Kier alpha value is -1.84. The molecule has 4 heteroatoms. The van der Waals surface area contributed by atoms with E-state index in [0.29, 0.717) is 11.7 Å². The number of rotatable bonds is 1. The van der Waals surface area contributed by atoms with E-state index in [0.717, 1.165) is 24.3 Å². The Balaban J connectivity index is 2.06. The number of aromatic nitrogens is 2. The van der Waals surface area contributed by atoms with Crippen LogP contribution in [0.5, 0.6) is 5.75 Å². The Labute approximate surface area is 86.9 Å². The maximum absolute atomic E-state index is 5.48. The Kier molecular flexibility index (Phi) is 1.74. The molecule has 4 nitrogen and oxygen atoms in total. The first kappa shape index (κ1) is 8.47. The summed E-state index contributed by atoms with van der Waals surface area (Å²) in [6.07, 6.45) is 0.987. The molecule has 76 valence electrons. The van der Waals surface area contributed by atoms with E-state index in [4.69, 9.17) is 9.26 Å². The molecule has 0 saturated heterocycles. The summed E-state index contributed by atoms with van der Waals surface area (Å²) in [6, 6.07) is 6.02. The number of ether oxygens (including phenoxy) is 1. The normalized spacial score (nSPS) is 13.7. The highest BCUT2D eigenvalue weighted by atomic mass is 16.5. The molecule has 0 unspecified atom stereocenters. The second-order valence-electron chi connectivity index (χ2n) is 3.56. The first-order chi connectivity index (χ1) is 7.33. The van der Waals surface area contributed by atoms with E-state index in [1.807, 2.05) is 12.1 Å². The van der Waals surface area contributed by atoms with E-state index < -0.39 is 0 Å². The molecule has 0 saturated carbocycles. The minimum Gasteiger partial charge on any atom is -0.493 e. The number of hydrogen-bond donors (Lipinski definition) is 0. The topological polar surface area (TPSA) is 48.2 Å². The molecule has 3 rings (SSSR count). The van der Waals surface area contributed by atoms with Gasteiger partial charge in [0.25, 0.3) is 0 Å². The van der Waals surface area contributed by atoms with Crippen LogP contribution < -0.4 is 4.74 Å². The molecule has 2 aromatic rings. The first-order valence-corrected chi connectivity index (χ1v) is 4.89. The van der Waals surface area contributed by atoms with Crippen molar-refractivity contribution in [2.24, 2.45) is 0 Å². The van der Waals surface area contributed by atoms with Gasteiger partial charge in [0, 0.05) is 18.9 Å². The quantitative estimate of drug-likeness (QED) is 0.709. The Morgan fingerprint density at radius 1 is 1.33 bits per heavy atom. The van der Waals surface area contributed by atoms with Gasteiger partial charge in [0.05, 0.1) is 6.61 Å². The van der Waals surface area contributed by atoms with Crippen LogP contribution in [0, 0.1) is 6.92 Å². The second-order valence-corrected chi connectivity index (χ2v) is 3.56.